The van der Waals surface area contributed by atoms with Crippen molar-refractivity contribution < 1.29 is 19.1 Å². The quantitative estimate of drug-likeness (QED) is 0.371. The Labute approximate surface area is 187 Å². The van der Waals surface area contributed by atoms with Crippen LogP contribution >= 0.6 is 24.2 Å². The number of amidine groups is 1. The Morgan fingerprint density at radius 2 is 1.67 bits per heavy atom. The highest BCUT2D eigenvalue weighted by atomic mass is 35.5. The Morgan fingerprint density at radius 1 is 1.10 bits per heavy atom. The second-order valence-electron chi connectivity index (χ2n) is 6.19. The summed E-state index contributed by atoms with van der Waals surface area (Å²) in [5.74, 6) is -1.17. The average molecular weight is 454 g/mol. The average Bonchev–Trinajstić information content (AvgIpc) is 2.72. The van der Waals surface area contributed by atoms with Crippen LogP contribution in [0.5, 0.6) is 0 Å². The van der Waals surface area contributed by atoms with Crippen LogP contribution in [0.15, 0.2) is 57.9 Å². The third kappa shape index (κ3) is 6.03. The summed E-state index contributed by atoms with van der Waals surface area (Å²) in [5, 5.41) is 3.60. The molecule has 1 aliphatic heterocycles. The Kier molecular flexibility index (Phi) is 10.5. The molecule has 0 aromatic heterocycles. The first-order valence-electron chi connectivity index (χ1n) is 9.39. The van der Waals surface area contributed by atoms with E-state index in [1.807, 2.05) is 30.3 Å². The molecular weight excluding hydrogens is 426 g/mol. The van der Waals surface area contributed by atoms with Gasteiger partial charge in [-0.1, -0.05) is 42.1 Å². The number of hydrogen-bond acceptors (Lipinski definition) is 7. The van der Waals surface area contributed by atoms with Gasteiger partial charge in [-0.05, 0) is 26.3 Å². The number of dihydropyridines is 1. The molecule has 1 aromatic rings. The lowest BCUT2D eigenvalue weighted by Crippen LogP contribution is -2.34. The van der Waals surface area contributed by atoms with E-state index in [2.05, 4.69) is 10.3 Å². The van der Waals surface area contributed by atoms with Crippen molar-refractivity contribution in [3.8, 4) is 0 Å². The first kappa shape index (κ1) is 25.6. The summed E-state index contributed by atoms with van der Waals surface area (Å²) >= 11 is 1.30. The van der Waals surface area contributed by atoms with Gasteiger partial charge in [0.1, 0.15) is 0 Å². The molecule has 1 heterocycles. The number of nitrogens with one attached hydrogen (secondary N) is 1. The van der Waals surface area contributed by atoms with Crippen LogP contribution in [0.1, 0.15) is 32.3 Å². The fourth-order valence-corrected chi connectivity index (χ4v) is 3.78. The molecule has 30 heavy (non-hydrogen) atoms. The topological polar surface area (TPSA) is 103 Å². The zero-order valence-electron chi connectivity index (χ0n) is 17.6. The SMILES string of the molecule is CCOC(=O)C1=C(C)NC(CSC(N)=NC)=C(C(=O)OCC)C1c1ccccc1.Cl. The third-order valence-corrected chi connectivity index (χ3v) is 5.26. The highest BCUT2D eigenvalue weighted by molar-refractivity contribution is 8.13. The van der Waals surface area contributed by atoms with Crippen LogP contribution < -0.4 is 11.1 Å². The largest absolute Gasteiger partial charge is 0.463 e. The standard InChI is InChI=1S/C21H27N3O4S.ClH/c1-5-27-19(25)16-13(3)24-15(12-29-21(22)23-4)18(20(26)28-6-2)17(16)14-10-8-7-9-11-14;/h7-11,17,24H,5-6,12H2,1-4H3,(H2,22,23);1H. The van der Waals surface area contributed by atoms with Crippen LogP contribution in [0.25, 0.3) is 0 Å². The van der Waals surface area contributed by atoms with Gasteiger partial charge in [-0.2, -0.15) is 0 Å². The summed E-state index contributed by atoms with van der Waals surface area (Å²) < 4.78 is 10.6. The minimum Gasteiger partial charge on any atom is -0.463 e. The van der Waals surface area contributed by atoms with Crippen molar-refractivity contribution in [1.82, 2.24) is 5.32 Å². The van der Waals surface area contributed by atoms with E-state index in [-0.39, 0.29) is 25.6 Å². The number of hydrogen-bond donors (Lipinski definition) is 2. The van der Waals surface area contributed by atoms with Crippen LogP contribution in [0.3, 0.4) is 0 Å². The number of halogens is 1. The van der Waals surface area contributed by atoms with Crippen molar-refractivity contribution in [1.29, 1.82) is 0 Å². The van der Waals surface area contributed by atoms with Crippen molar-refractivity contribution in [3.63, 3.8) is 0 Å². The Balaban J connectivity index is 0.00000450. The number of esters is 2. The molecule has 2 rings (SSSR count). The van der Waals surface area contributed by atoms with Gasteiger partial charge in [0.25, 0.3) is 0 Å². The number of aliphatic imine (C=N–C) groups is 1. The zero-order chi connectivity index (χ0) is 21.4. The van der Waals surface area contributed by atoms with E-state index in [4.69, 9.17) is 15.2 Å². The van der Waals surface area contributed by atoms with Crippen molar-refractivity contribution in [2.75, 3.05) is 26.0 Å². The number of nitrogens with zero attached hydrogens (tertiary/aromatic N) is 1. The minimum atomic E-state index is -0.606. The van der Waals surface area contributed by atoms with E-state index in [0.717, 1.165) is 5.56 Å². The maximum Gasteiger partial charge on any atom is 0.336 e. The molecule has 0 bridgehead atoms. The molecule has 0 amide bonds. The fourth-order valence-electron chi connectivity index (χ4n) is 3.13. The van der Waals surface area contributed by atoms with Crippen molar-refractivity contribution in [2.24, 2.45) is 10.7 Å². The molecular formula is C21H28ClN3O4S. The predicted octanol–water partition coefficient (Wildman–Crippen LogP) is 3.13. The number of allylic oxidation sites excluding steroid dienone is 1. The van der Waals surface area contributed by atoms with Gasteiger partial charge in [-0.3, -0.25) is 4.99 Å². The van der Waals surface area contributed by atoms with Crippen LogP contribution in [0.2, 0.25) is 0 Å². The molecule has 0 aliphatic carbocycles. The molecule has 1 aromatic carbocycles. The molecule has 3 N–H and O–H groups in total. The molecule has 1 atom stereocenters. The van der Waals surface area contributed by atoms with E-state index in [0.29, 0.717) is 33.5 Å². The summed E-state index contributed by atoms with van der Waals surface area (Å²) in [6.45, 7) is 5.75. The van der Waals surface area contributed by atoms with E-state index >= 15 is 0 Å². The lowest BCUT2D eigenvalue weighted by Gasteiger charge is -2.31. The third-order valence-electron chi connectivity index (χ3n) is 4.35. The van der Waals surface area contributed by atoms with Crippen LogP contribution in [0, 0.1) is 0 Å². The van der Waals surface area contributed by atoms with E-state index < -0.39 is 17.9 Å². The monoisotopic (exact) mass is 453 g/mol. The van der Waals surface area contributed by atoms with Crippen molar-refractivity contribution in [3.05, 3.63) is 58.4 Å². The Bertz CT molecular complexity index is 853. The number of carbonyl (C=O) groups is 2. The summed E-state index contributed by atoms with van der Waals surface area (Å²) in [6, 6.07) is 9.39. The zero-order valence-corrected chi connectivity index (χ0v) is 19.2. The Morgan fingerprint density at radius 3 is 2.20 bits per heavy atom. The molecule has 1 unspecified atom stereocenters. The van der Waals surface area contributed by atoms with Gasteiger partial charge in [0.2, 0.25) is 0 Å². The summed E-state index contributed by atoms with van der Waals surface area (Å²) in [4.78, 5) is 29.7. The van der Waals surface area contributed by atoms with Gasteiger partial charge in [-0.25, -0.2) is 9.59 Å². The second-order valence-corrected chi connectivity index (χ2v) is 7.19. The molecule has 164 valence electrons. The smallest absolute Gasteiger partial charge is 0.336 e. The molecule has 9 heteroatoms. The number of benzene rings is 1. The maximum atomic E-state index is 13.0. The normalized spacial score (nSPS) is 16.5. The Hall–Kier alpha value is -2.45. The lowest BCUT2D eigenvalue weighted by molar-refractivity contribution is -0.139. The van der Waals surface area contributed by atoms with Gasteiger partial charge >= 0.3 is 11.9 Å². The minimum absolute atomic E-state index is 0. The van der Waals surface area contributed by atoms with Gasteiger partial charge in [0.15, 0.2) is 5.17 Å². The number of thioether (sulfide) groups is 1. The van der Waals surface area contributed by atoms with Crippen LogP contribution in [-0.2, 0) is 19.1 Å². The van der Waals surface area contributed by atoms with E-state index in [9.17, 15) is 9.59 Å². The first-order chi connectivity index (χ1) is 13.9. The maximum absolute atomic E-state index is 13.0. The van der Waals surface area contributed by atoms with Gasteiger partial charge < -0.3 is 20.5 Å². The van der Waals surface area contributed by atoms with E-state index in [1.165, 1.54) is 11.8 Å². The molecule has 0 fully saturated rings. The highest BCUT2D eigenvalue weighted by Crippen LogP contribution is 2.39. The first-order valence-corrected chi connectivity index (χ1v) is 10.4. The lowest BCUT2D eigenvalue weighted by atomic mass is 9.80. The highest BCUT2D eigenvalue weighted by Gasteiger charge is 2.38. The molecule has 7 nitrogen and oxygen atoms in total. The second kappa shape index (κ2) is 12.3. The molecule has 0 spiro atoms. The van der Waals surface area contributed by atoms with Crippen LogP contribution in [-0.4, -0.2) is 43.1 Å². The summed E-state index contributed by atoms with van der Waals surface area (Å²) in [6.07, 6.45) is 0. The number of carbonyl (C=O) groups excluding carboxylic acids is 2. The number of ether oxygens (including phenoxy) is 2. The fraction of sp³-hybridized carbons (Fsp3) is 0.381. The van der Waals surface area contributed by atoms with Crippen molar-refractivity contribution in [2.45, 2.75) is 26.7 Å². The predicted molar refractivity (Wildman–Crippen MR) is 123 cm³/mol. The van der Waals surface area contributed by atoms with E-state index in [1.54, 1.807) is 27.8 Å². The summed E-state index contributed by atoms with van der Waals surface area (Å²) in [7, 11) is 1.61. The van der Waals surface area contributed by atoms with Crippen LogP contribution in [0.4, 0.5) is 0 Å². The van der Waals surface area contributed by atoms with Crippen molar-refractivity contribution >= 4 is 41.3 Å². The molecule has 0 saturated carbocycles. The number of nitrogens with two attached hydrogens (primary N) is 1. The number of rotatable bonds is 7. The molecule has 0 radical (unpaired) electrons. The summed E-state index contributed by atoms with van der Waals surface area (Å²) in [5.41, 5.74) is 8.67. The van der Waals surface area contributed by atoms with Gasteiger partial charge in [0, 0.05) is 24.2 Å². The molecule has 0 saturated heterocycles. The van der Waals surface area contributed by atoms with Gasteiger partial charge in [0.05, 0.1) is 30.3 Å². The van der Waals surface area contributed by atoms with Gasteiger partial charge in [-0.15, -0.1) is 12.4 Å². The molecule has 1 aliphatic rings.